The van der Waals surface area contributed by atoms with Crippen molar-refractivity contribution in [3.63, 3.8) is 0 Å². The van der Waals surface area contributed by atoms with Crippen LogP contribution in [0.15, 0.2) is 11.4 Å². The molecule has 9 heteroatoms. The Labute approximate surface area is 82.3 Å². The third kappa shape index (κ3) is 2.78. The third-order valence-corrected chi connectivity index (χ3v) is 2.88. The Morgan fingerprint density at radius 3 is 2.79 bits per heavy atom. The average Bonchev–Trinajstić information content (AvgIpc) is 2.52. The van der Waals surface area contributed by atoms with E-state index in [1.807, 2.05) is 0 Å². The largest absolute Gasteiger partial charge is 0.422 e. The van der Waals surface area contributed by atoms with Gasteiger partial charge in [0.15, 0.2) is 6.35 Å². The number of aliphatic hydroxyl groups is 1. The fourth-order valence-electron chi connectivity index (χ4n) is 0.645. The van der Waals surface area contributed by atoms with Gasteiger partial charge in [-0.3, -0.25) is 10.1 Å². The van der Waals surface area contributed by atoms with Crippen molar-refractivity contribution in [2.24, 2.45) is 0 Å². The first-order valence-electron chi connectivity index (χ1n) is 3.30. The Balaban J connectivity index is 2.79. The summed E-state index contributed by atoms with van der Waals surface area (Å²) in [5.41, 5.74) is 0. The van der Waals surface area contributed by atoms with E-state index in [0.717, 1.165) is 17.4 Å². The van der Waals surface area contributed by atoms with E-state index in [4.69, 9.17) is 10.00 Å². The van der Waals surface area contributed by atoms with Crippen molar-refractivity contribution >= 4 is 23.9 Å². The summed E-state index contributed by atoms with van der Waals surface area (Å²) < 4.78 is 15.3. The summed E-state index contributed by atoms with van der Waals surface area (Å²) in [6.07, 6.45) is -1.03. The molecule has 0 fully saturated rings. The minimum atomic E-state index is -4.07. The van der Waals surface area contributed by atoms with Crippen molar-refractivity contribution in [1.82, 2.24) is 0 Å². The van der Waals surface area contributed by atoms with E-state index in [9.17, 15) is 14.7 Å². The zero-order chi connectivity index (χ0) is 10.8. The van der Waals surface area contributed by atoms with Gasteiger partial charge in [-0.2, -0.15) is 0 Å². The zero-order valence-electron chi connectivity index (χ0n) is 6.69. The van der Waals surface area contributed by atoms with Crippen LogP contribution in [-0.2, 0) is 4.57 Å². The monoisotopic (exact) mass is 239 g/mol. The van der Waals surface area contributed by atoms with E-state index in [-0.39, 0.29) is 10.8 Å². The van der Waals surface area contributed by atoms with E-state index < -0.39 is 18.9 Å². The van der Waals surface area contributed by atoms with Gasteiger partial charge in [0.25, 0.3) is 0 Å². The number of thiophene rings is 1. The van der Waals surface area contributed by atoms with Gasteiger partial charge < -0.3 is 14.5 Å². The maximum absolute atomic E-state index is 10.8. The molecular weight excluding hydrogens is 233 g/mol. The zero-order valence-corrected chi connectivity index (χ0v) is 8.40. The van der Waals surface area contributed by atoms with Crippen molar-refractivity contribution in [2.45, 2.75) is 0 Å². The van der Waals surface area contributed by atoms with Gasteiger partial charge >= 0.3 is 12.6 Å². The lowest BCUT2D eigenvalue weighted by molar-refractivity contribution is -0.380. The van der Waals surface area contributed by atoms with Crippen molar-refractivity contribution in [3.8, 4) is 5.75 Å². The van der Waals surface area contributed by atoms with Crippen LogP contribution in [-0.4, -0.2) is 21.3 Å². The lowest BCUT2D eigenvalue weighted by Crippen LogP contribution is -1.94. The summed E-state index contributed by atoms with van der Waals surface area (Å²) in [4.78, 5) is 18.4. The molecule has 1 atom stereocenters. The van der Waals surface area contributed by atoms with Crippen LogP contribution in [0.3, 0.4) is 0 Å². The summed E-state index contributed by atoms with van der Waals surface area (Å²) in [7, 11) is -4.07. The van der Waals surface area contributed by atoms with E-state index >= 15 is 0 Å². The van der Waals surface area contributed by atoms with Gasteiger partial charge in [-0.25, -0.2) is 4.57 Å². The smallest absolute Gasteiger partial charge is 0.401 e. The van der Waals surface area contributed by atoms with Crippen LogP contribution >= 0.6 is 18.9 Å². The van der Waals surface area contributed by atoms with Gasteiger partial charge in [-0.15, -0.1) is 0 Å². The topological polar surface area (TPSA) is 110 Å². The molecule has 1 heterocycles. The predicted octanol–water partition coefficient (Wildman–Crippen LogP) is 1.17. The van der Waals surface area contributed by atoms with Crippen molar-refractivity contribution < 1.29 is 24.0 Å². The van der Waals surface area contributed by atoms with E-state index in [1.54, 1.807) is 0 Å². The molecule has 0 aliphatic heterocycles. The molecule has 0 amide bonds. The highest BCUT2D eigenvalue weighted by Gasteiger charge is 2.21. The van der Waals surface area contributed by atoms with Crippen LogP contribution in [0.1, 0.15) is 0 Å². The van der Waals surface area contributed by atoms with Crippen LogP contribution in [0.25, 0.3) is 0 Å². The molecular formula is C5H6NO6PS. The molecule has 0 bridgehead atoms. The highest BCUT2D eigenvalue weighted by atomic mass is 32.1. The Kier molecular flexibility index (Phi) is 3.22. The fourth-order valence-corrected chi connectivity index (χ4v) is 1.83. The summed E-state index contributed by atoms with van der Waals surface area (Å²) in [5.74, 6) is -0.0958. The quantitative estimate of drug-likeness (QED) is 0.463. The molecule has 0 spiro atoms. The van der Waals surface area contributed by atoms with Crippen LogP contribution < -0.4 is 4.52 Å². The summed E-state index contributed by atoms with van der Waals surface area (Å²) in [5, 5.41) is 19.7. The first-order valence-corrected chi connectivity index (χ1v) is 5.94. The van der Waals surface area contributed by atoms with Crippen molar-refractivity contribution in [3.05, 3.63) is 21.6 Å². The third-order valence-electron chi connectivity index (χ3n) is 1.17. The van der Waals surface area contributed by atoms with E-state index in [0.29, 0.717) is 0 Å². The molecule has 0 saturated heterocycles. The molecule has 0 aliphatic carbocycles. The Bertz CT molecular complexity index is 389. The second-order valence-electron chi connectivity index (χ2n) is 2.25. The SMILES string of the molecule is O=[N+]([O-])c1cc(OP(=O)(O)CO)cs1. The van der Waals surface area contributed by atoms with Crippen molar-refractivity contribution in [2.75, 3.05) is 6.35 Å². The van der Waals surface area contributed by atoms with Crippen LogP contribution in [0.4, 0.5) is 5.00 Å². The summed E-state index contributed by atoms with van der Waals surface area (Å²) >= 11 is 0.771. The second kappa shape index (κ2) is 4.05. The summed E-state index contributed by atoms with van der Waals surface area (Å²) in [6.45, 7) is 0. The Hall–Kier alpha value is -0.950. The lowest BCUT2D eigenvalue weighted by atomic mass is 10.6. The Morgan fingerprint density at radius 2 is 2.36 bits per heavy atom. The fraction of sp³-hybridized carbons (Fsp3) is 0.200. The molecule has 1 rings (SSSR count). The first-order chi connectivity index (χ1) is 6.44. The van der Waals surface area contributed by atoms with Crippen molar-refractivity contribution in [1.29, 1.82) is 0 Å². The molecule has 14 heavy (non-hydrogen) atoms. The molecule has 78 valence electrons. The molecule has 0 radical (unpaired) electrons. The van der Waals surface area contributed by atoms with Crippen LogP contribution in [0, 0.1) is 10.1 Å². The molecule has 1 aromatic heterocycles. The number of hydrogen-bond donors (Lipinski definition) is 2. The van der Waals surface area contributed by atoms with Gasteiger partial charge in [0.2, 0.25) is 0 Å². The highest BCUT2D eigenvalue weighted by Crippen LogP contribution is 2.43. The molecule has 1 aromatic rings. The van der Waals surface area contributed by atoms with Gasteiger partial charge in [0, 0.05) is 5.38 Å². The number of hydrogen-bond acceptors (Lipinski definition) is 6. The summed E-state index contributed by atoms with van der Waals surface area (Å²) in [6, 6.07) is 1.02. The molecule has 7 nitrogen and oxygen atoms in total. The second-order valence-corrected chi connectivity index (χ2v) is 4.88. The number of nitrogens with zero attached hydrogens (tertiary/aromatic N) is 1. The van der Waals surface area contributed by atoms with E-state index in [2.05, 4.69) is 4.52 Å². The molecule has 1 unspecified atom stereocenters. The highest BCUT2D eigenvalue weighted by molar-refractivity contribution is 7.53. The Morgan fingerprint density at radius 1 is 1.71 bits per heavy atom. The number of aliphatic hydroxyl groups excluding tert-OH is 1. The predicted molar refractivity (Wildman–Crippen MR) is 48.5 cm³/mol. The first kappa shape index (κ1) is 11.1. The number of rotatable bonds is 4. The molecule has 0 aliphatic rings. The lowest BCUT2D eigenvalue weighted by Gasteiger charge is -2.07. The van der Waals surface area contributed by atoms with Gasteiger partial charge in [0.05, 0.1) is 11.0 Å². The van der Waals surface area contributed by atoms with Crippen LogP contribution in [0.5, 0.6) is 5.75 Å². The van der Waals surface area contributed by atoms with Gasteiger partial charge in [-0.1, -0.05) is 11.3 Å². The maximum Gasteiger partial charge on any atom is 0.401 e. The maximum atomic E-state index is 10.8. The molecule has 0 aromatic carbocycles. The number of nitro groups is 1. The van der Waals surface area contributed by atoms with E-state index in [1.165, 1.54) is 5.38 Å². The standard InChI is InChI=1S/C5H6NO6PS/c7-3-13(10,11)12-4-1-5(6(8)9)14-2-4/h1-2,7H,3H2,(H,10,11). The molecule has 2 N–H and O–H groups in total. The van der Waals surface area contributed by atoms with Gasteiger partial charge in [-0.05, 0) is 0 Å². The minimum absolute atomic E-state index is 0.0958. The minimum Gasteiger partial charge on any atom is -0.422 e. The normalized spacial score (nSPS) is 14.7. The average molecular weight is 239 g/mol. The molecule has 0 saturated carbocycles. The van der Waals surface area contributed by atoms with Gasteiger partial charge in [0.1, 0.15) is 5.75 Å². The van der Waals surface area contributed by atoms with Crippen LogP contribution in [0.2, 0.25) is 0 Å².